The fourth-order valence-corrected chi connectivity index (χ4v) is 15.2. The normalized spacial score (nSPS) is 17.2. The van der Waals surface area contributed by atoms with E-state index in [2.05, 4.69) is 83.1 Å². The quantitative estimate of drug-likeness (QED) is 0.464. The summed E-state index contributed by atoms with van der Waals surface area (Å²) in [5.74, 6) is 0. The van der Waals surface area contributed by atoms with Crippen molar-refractivity contribution in [3.8, 4) is 0 Å². The first kappa shape index (κ1) is 22.4. The molecule has 0 aliphatic carbocycles. The number of hydrogen-bond acceptors (Lipinski definition) is 0. The molecule has 0 N–H and O–H groups in total. The first-order valence-electron chi connectivity index (χ1n) is 8.85. The molecule has 0 aliphatic rings. The first-order valence-corrected chi connectivity index (χ1v) is 11.7. The van der Waals surface area contributed by atoms with Crippen LogP contribution in [0.2, 0.25) is 0 Å². The van der Waals surface area contributed by atoms with Gasteiger partial charge in [-0.05, 0) is 0 Å². The Bertz CT molecular complexity index is 293. The van der Waals surface area contributed by atoms with E-state index in [9.17, 15) is 0 Å². The van der Waals surface area contributed by atoms with Crippen molar-refractivity contribution in [3.05, 3.63) is 0 Å². The standard InChI is InChI=1S/C20H44FP/c1-17(2,3)13-22(21,14-18(4,5)6,15-19(7,8)9)16-20(10,11)12/h13-16H2,1-12H3. The number of halogens is 1. The summed E-state index contributed by atoms with van der Waals surface area (Å²) in [5.41, 5.74) is 0.144. The van der Waals surface area contributed by atoms with Gasteiger partial charge in [-0.3, -0.25) is 0 Å². The Morgan fingerprint density at radius 2 is 0.591 bits per heavy atom. The molecule has 0 saturated carbocycles. The van der Waals surface area contributed by atoms with Crippen molar-refractivity contribution >= 4 is 6.91 Å². The molecule has 0 aromatic carbocycles. The summed E-state index contributed by atoms with van der Waals surface area (Å²) in [6.07, 6.45) is 3.02. The Morgan fingerprint density at radius 1 is 0.455 bits per heavy atom. The summed E-state index contributed by atoms with van der Waals surface area (Å²) in [5, 5.41) is 0. The van der Waals surface area contributed by atoms with Gasteiger partial charge in [0.05, 0.1) is 0 Å². The van der Waals surface area contributed by atoms with Crippen molar-refractivity contribution in [1.82, 2.24) is 0 Å². The zero-order chi connectivity index (χ0) is 18.3. The zero-order valence-corrected chi connectivity index (χ0v) is 18.5. The van der Waals surface area contributed by atoms with Crippen LogP contribution in [0.4, 0.5) is 4.20 Å². The predicted octanol–water partition coefficient (Wildman–Crippen LogP) is 7.61. The number of hydrogen-bond donors (Lipinski definition) is 0. The van der Waals surface area contributed by atoms with Gasteiger partial charge >= 0.3 is 141 Å². The van der Waals surface area contributed by atoms with Crippen LogP contribution in [0.5, 0.6) is 0 Å². The fraction of sp³-hybridized carbons (Fsp3) is 1.00. The van der Waals surface area contributed by atoms with Gasteiger partial charge in [-0.15, -0.1) is 0 Å². The maximum absolute atomic E-state index is 17.3. The van der Waals surface area contributed by atoms with Crippen LogP contribution < -0.4 is 0 Å². The van der Waals surface area contributed by atoms with Crippen molar-refractivity contribution in [2.45, 2.75) is 83.1 Å². The van der Waals surface area contributed by atoms with E-state index in [0.29, 0.717) is 0 Å². The first-order chi connectivity index (χ1) is 9.13. The molecule has 136 valence electrons. The molecule has 0 aromatic rings. The van der Waals surface area contributed by atoms with Crippen LogP contribution in [0.1, 0.15) is 83.1 Å². The summed E-state index contributed by atoms with van der Waals surface area (Å²) in [6, 6.07) is 0. The average molecular weight is 335 g/mol. The van der Waals surface area contributed by atoms with Crippen molar-refractivity contribution in [2.75, 3.05) is 24.6 Å². The van der Waals surface area contributed by atoms with E-state index >= 15 is 4.20 Å². The molecule has 0 bridgehead atoms. The van der Waals surface area contributed by atoms with Crippen molar-refractivity contribution in [3.63, 3.8) is 0 Å². The van der Waals surface area contributed by atoms with Crippen LogP contribution in [0, 0.1) is 21.7 Å². The van der Waals surface area contributed by atoms with Crippen LogP contribution in [0.15, 0.2) is 0 Å². The van der Waals surface area contributed by atoms with Crippen LogP contribution in [-0.2, 0) is 0 Å². The summed E-state index contributed by atoms with van der Waals surface area (Å²) < 4.78 is 17.3. The van der Waals surface area contributed by atoms with Crippen LogP contribution >= 0.6 is 6.91 Å². The monoisotopic (exact) mass is 334 g/mol. The molecule has 0 radical (unpaired) electrons. The van der Waals surface area contributed by atoms with Gasteiger partial charge in [0.25, 0.3) is 0 Å². The van der Waals surface area contributed by atoms with Crippen LogP contribution in [0.3, 0.4) is 0 Å². The van der Waals surface area contributed by atoms with Gasteiger partial charge in [0, 0.05) is 0 Å². The van der Waals surface area contributed by atoms with Crippen LogP contribution in [-0.4, -0.2) is 24.6 Å². The van der Waals surface area contributed by atoms with Gasteiger partial charge < -0.3 is 0 Å². The summed E-state index contributed by atoms with van der Waals surface area (Å²) in [7, 11) is 0. The molecule has 0 saturated heterocycles. The molecule has 0 rings (SSSR count). The van der Waals surface area contributed by atoms with Gasteiger partial charge in [-0.1, -0.05) is 0 Å². The molecule has 0 aliphatic heterocycles. The predicted molar refractivity (Wildman–Crippen MR) is 105 cm³/mol. The third-order valence-corrected chi connectivity index (χ3v) is 10.4. The molecule has 0 fully saturated rings. The zero-order valence-electron chi connectivity index (χ0n) is 17.7. The van der Waals surface area contributed by atoms with Crippen molar-refractivity contribution < 1.29 is 4.20 Å². The molecule has 0 spiro atoms. The Labute approximate surface area is 141 Å². The second-order valence-corrected chi connectivity index (χ2v) is 17.6. The van der Waals surface area contributed by atoms with E-state index < -0.39 is 6.91 Å². The molecule has 0 heterocycles. The van der Waals surface area contributed by atoms with Gasteiger partial charge in [0.2, 0.25) is 0 Å². The molecule has 0 unspecified atom stereocenters. The Kier molecular flexibility index (Phi) is 6.12. The number of rotatable bonds is 4. The molecular formula is C20H44FP. The fourth-order valence-electron chi connectivity index (χ4n) is 5.08. The molecule has 0 amide bonds. The van der Waals surface area contributed by atoms with Gasteiger partial charge in [-0.25, -0.2) is 0 Å². The molecule has 0 nitrogen and oxygen atoms in total. The Hall–Kier alpha value is 0.360. The Morgan fingerprint density at radius 3 is 0.682 bits per heavy atom. The van der Waals surface area contributed by atoms with E-state index in [0.717, 1.165) is 24.6 Å². The third-order valence-electron chi connectivity index (χ3n) is 3.48. The van der Waals surface area contributed by atoms with Gasteiger partial charge in [0.15, 0.2) is 0 Å². The SMILES string of the molecule is CC(C)(C)CP(F)(CC(C)(C)C)(CC(C)(C)C)CC(C)(C)C. The molecular weight excluding hydrogens is 290 g/mol. The second kappa shape index (κ2) is 6.02. The topological polar surface area (TPSA) is 0 Å². The van der Waals surface area contributed by atoms with E-state index in [-0.39, 0.29) is 21.7 Å². The maximum atomic E-state index is 17.3. The summed E-state index contributed by atoms with van der Waals surface area (Å²) >= 11 is 0. The van der Waals surface area contributed by atoms with E-state index in [1.54, 1.807) is 0 Å². The summed E-state index contributed by atoms with van der Waals surface area (Å²) in [4.78, 5) is 0. The third kappa shape index (κ3) is 9.49. The molecule has 2 heteroatoms. The van der Waals surface area contributed by atoms with Crippen molar-refractivity contribution in [1.29, 1.82) is 0 Å². The Balaban J connectivity index is 6.12. The minimum atomic E-state index is -3.34. The molecule has 0 aromatic heterocycles. The summed E-state index contributed by atoms with van der Waals surface area (Å²) in [6.45, 7) is 23.2. The van der Waals surface area contributed by atoms with E-state index in [1.807, 2.05) is 0 Å². The molecule has 22 heavy (non-hydrogen) atoms. The van der Waals surface area contributed by atoms with E-state index in [4.69, 9.17) is 0 Å². The van der Waals surface area contributed by atoms with Crippen molar-refractivity contribution in [2.24, 2.45) is 21.7 Å². The van der Waals surface area contributed by atoms with Crippen LogP contribution in [0.25, 0.3) is 0 Å². The second-order valence-electron chi connectivity index (χ2n) is 12.7. The average Bonchev–Trinajstić information content (AvgIpc) is 1.80. The molecule has 0 atom stereocenters. The minimum absolute atomic E-state index is 0.0360. The van der Waals surface area contributed by atoms with E-state index in [1.165, 1.54) is 0 Å². The van der Waals surface area contributed by atoms with Gasteiger partial charge in [-0.2, -0.15) is 0 Å². The van der Waals surface area contributed by atoms with Gasteiger partial charge in [0.1, 0.15) is 0 Å².